The second kappa shape index (κ2) is 4.89. The van der Waals surface area contributed by atoms with Crippen molar-refractivity contribution in [2.45, 2.75) is 6.92 Å². The molecule has 0 aromatic heterocycles. The highest BCUT2D eigenvalue weighted by Gasteiger charge is 2.08. The first kappa shape index (κ1) is 12.1. The Bertz CT molecular complexity index is 629. The first-order valence-corrected chi connectivity index (χ1v) is 5.50. The van der Waals surface area contributed by atoms with Crippen molar-refractivity contribution in [3.05, 3.63) is 53.3 Å². The number of nitriles is 1. The van der Waals surface area contributed by atoms with E-state index in [1.54, 1.807) is 37.4 Å². The van der Waals surface area contributed by atoms with Crippen LogP contribution in [-0.2, 0) is 0 Å². The fourth-order valence-electron chi connectivity index (χ4n) is 1.81. The molecular weight excluding hydrogens is 229 g/mol. The molecule has 0 aliphatic rings. The van der Waals surface area contributed by atoms with Crippen molar-refractivity contribution < 1.29 is 9.13 Å². The van der Waals surface area contributed by atoms with Crippen LogP contribution in [0, 0.1) is 24.1 Å². The lowest BCUT2D eigenvalue weighted by Gasteiger charge is -2.08. The van der Waals surface area contributed by atoms with E-state index in [1.165, 1.54) is 6.07 Å². The van der Waals surface area contributed by atoms with Crippen LogP contribution >= 0.6 is 0 Å². The molecule has 2 aromatic rings. The van der Waals surface area contributed by atoms with Crippen molar-refractivity contribution in [1.82, 2.24) is 0 Å². The Kier molecular flexibility index (Phi) is 3.29. The van der Waals surface area contributed by atoms with Gasteiger partial charge in [0.15, 0.2) is 0 Å². The number of aryl methyl sites for hydroxylation is 1. The molecule has 0 bridgehead atoms. The van der Waals surface area contributed by atoms with Gasteiger partial charge >= 0.3 is 0 Å². The van der Waals surface area contributed by atoms with E-state index in [0.29, 0.717) is 16.9 Å². The van der Waals surface area contributed by atoms with Crippen molar-refractivity contribution in [3.8, 4) is 22.9 Å². The van der Waals surface area contributed by atoms with Crippen LogP contribution in [0.1, 0.15) is 11.1 Å². The van der Waals surface area contributed by atoms with Gasteiger partial charge in [0.1, 0.15) is 11.6 Å². The van der Waals surface area contributed by atoms with Crippen LogP contribution in [-0.4, -0.2) is 7.11 Å². The summed E-state index contributed by atoms with van der Waals surface area (Å²) in [5.41, 5.74) is 2.64. The molecule has 2 rings (SSSR count). The molecule has 0 heterocycles. The van der Waals surface area contributed by atoms with Gasteiger partial charge in [-0.1, -0.05) is 12.1 Å². The highest BCUT2D eigenvalue weighted by atomic mass is 19.1. The molecule has 0 aliphatic carbocycles. The third-order valence-electron chi connectivity index (χ3n) is 2.83. The van der Waals surface area contributed by atoms with E-state index in [9.17, 15) is 4.39 Å². The van der Waals surface area contributed by atoms with E-state index in [1.807, 2.05) is 6.92 Å². The third kappa shape index (κ3) is 2.18. The minimum absolute atomic E-state index is 0.306. The number of hydrogen-bond acceptors (Lipinski definition) is 2. The number of nitrogens with zero attached hydrogens (tertiary/aromatic N) is 1. The predicted molar refractivity (Wildman–Crippen MR) is 67.8 cm³/mol. The molecule has 2 nitrogen and oxygen atoms in total. The zero-order chi connectivity index (χ0) is 13.1. The molecule has 90 valence electrons. The van der Waals surface area contributed by atoms with Crippen LogP contribution in [0.3, 0.4) is 0 Å². The van der Waals surface area contributed by atoms with Gasteiger partial charge in [0.05, 0.1) is 18.7 Å². The average Bonchev–Trinajstić information content (AvgIpc) is 2.39. The maximum Gasteiger partial charge on any atom is 0.131 e. The molecular formula is C15H12FNO. The number of methoxy groups -OCH3 is 1. The maximum atomic E-state index is 13.8. The van der Waals surface area contributed by atoms with Crippen molar-refractivity contribution >= 4 is 0 Å². The smallest absolute Gasteiger partial charge is 0.131 e. The third-order valence-corrected chi connectivity index (χ3v) is 2.83. The summed E-state index contributed by atoms with van der Waals surface area (Å²) in [5.74, 6) is 0.299. The molecule has 0 fully saturated rings. The zero-order valence-corrected chi connectivity index (χ0v) is 10.2. The number of halogens is 1. The zero-order valence-electron chi connectivity index (χ0n) is 10.2. The molecule has 0 radical (unpaired) electrons. The van der Waals surface area contributed by atoms with Crippen molar-refractivity contribution in [1.29, 1.82) is 5.26 Å². The van der Waals surface area contributed by atoms with Crippen LogP contribution in [0.15, 0.2) is 36.4 Å². The van der Waals surface area contributed by atoms with E-state index in [4.69, 9.17) is 10.00 Å². The first-order chi connectivity index (χ1) is 8.65. The highest BCUT2D eigenvalue weighted by molar-refractivity contribution is 5.67. The number of ether oxygens (including phenoxy) is 1. The van der Waals surface area contributed by atoms with Gasteiger partial charge in [-0.25, -0.2) is 4.39 Å². The average molecular weight is 241 g/mol. The lowest BCUT2D eigenvalue weighted by atomic mass is 10.00. The molecule has 0 amide bonds. The van der Waals surface area contributed by atoms with Gasteiger partial charge in [-0.15, -0.1) is 0 Å². The van der Waals surface area contributed by atoms with E-state index in [-0.39, 0.29) is 5.82 Å². The number of benzene rings is 2. The topological polar surface area (TPSA) is 33.0 Å². The largest absolute Gasteiger partial charge is 0.497 e. The number of rotatable bonds is 2. The summed E-state index contributed by atoms with van der Waals surface area (Å²) < 4.78 is 18.9. The minimum Gasteiger partial charge on any atom is -0.497 e. The minimum atomic E-state index is -0.306. The summed E-state index contributed by atoms with van der Waals surface area (Å²) in [7, 11) is 1.54. The van der Waals surface area contributed by atoms with Gasteiger partial charge < -0.3 is 4.74 Å². The molecule has 0 saturated carbocycles. The van der Waals surface area contributed by atoms with Crippen LogP contribution < -0.4 is 4.74 Å². The van der Waals surface area contributed by atoms with Crippen molar-refractivity contribution in [3.63, 3.8) is 0 Å². The Morgan fingerprint density at radius 2 is 1.94 bits per heavy atom. The van der Waals surface area contributed by atoms with Gasteiger partial charge in [-0.05, 0) is 42.3 Å². The quantitative estimate of drug-likeness (QED) is 0.803. The Balaban J connectivity index is 2.55. The molecule has 0 saturated heterocycles. The second-order valence-electron chi connectivity index (χ2n) is 3.99. The van der Waals surface area contributed by atoms with E-state index >= 15 is 0 Å². The van der Waals surface area contributed by atoms with E-state index in [0.717, 1.165) is 11.1 Å². The molecule has 18 heavy (non-hydrogen) atoms. The number of hydrogen-bond donors (Lipinski definition) is 0. The summed E-state index contributed by atoms with van der Waals surface area (Å²) in [6, 6.07) is 11.9. The lowest BCUT2D eigenvalue weighted by molar-refractivity contribution is 0.414. The van der Waals surface area contributed by atoms with Crippen molar-refractivity contribution in [2.75, 3.05) is 7.11 Å². The van der Waals surface area contributed by atoms with Gasteiger partial charge in [0.2, 0.25) is 0 Å². The standard InChI is InChI=1S/C15H12FNO/c1-10-7-11(3-4-12(10)9-17)14-8-13(18-2)5-6-15(14)16/h3-8H,1-2H3. The van der Waals surface area contributed by atoms with Crippen LogP contribution in [0.4, 0.5) is 4.39 Å². The monoisotopic (exact) mass is 241 g/mol. The Morgan fingerprint density at radius 1 is 1.17 bits per heavy atom. The van der Waals surface area contributed by atoms with Crippen LogP contribution in [0.2, 0.25) is 0 Å². The van der Waals surface area contributed by atoms with E-state index in [2.05, 4.69) is 6.07 Å². The fourth-order valence-corrected chi connectivity index (χ4v) is 1.81. The summed E-state index contributed by atoms with van der Waals surface area (Å²) in [4.78, 5) is 0. The highest BCUT2D eigenvalue weighted by Crippen LogP contribution is 2.28. The molecule has 0 aliphatic heterocycles. The Labute approximate surface area is 105 Å². The van der Waals surface area contributed by atoms with Crippen LogP contribution in [0.25, 0.3) is 11.1 Å². The summed E-state index contributed by atoms with van der Waals surface area (Å²) in [6.45, 7) is 1.83. The van der Waals surface area contributed by atoms with Gasteiger partial charge in [0.25, 0.3) is 0 Å². The Morgan fingerprint density at radius 3 is 2.56 bits per heavy atom. The Hall–Kier alpha value is -2.34. The molecule has 0 N–H and O–H groups in total. The summed E-state index contributed by atoms with van der Waals surface area (Å²) >= 11 is 0. The van der Waals surface area contributed by atoms with Crippen LogP contribution in [0.5, 0.6) is 5.75 Å². The summed E-state index contributed by atoms with van der Waals surface area (Å²) in [5, 5.41) is 8.87. The van der Waals surface area contributed by atoms with E-state index < -0.39 is 0 Å². The fraction of sp³-hybridized carbons (Fsp3) is 0.133. The van der Waals surface area contributed by atoms with Gasteiger partial charge in [-0.2, -0.15) is 5.26 Å². The molecule has 3 heteroatoms. The molecule has 0 atom stereocenters. The molecule has 2 aromatic carbocycles. The maximum absolute atomic E-state index is 13.8. The normalized spacial score (nSPS) is 9.89. The molecule has 0 unspecified atom stereocenters. The van der Waals surface area contributed by atoms with Crippen molar-refractivity contribution in [2.24, 2.45) is 0 Å². The second-order valence-corrected chi connectivity index (χ2v) is 3.99. The first-order valence-electron chi connectivity index (χ1n) is 5.50. The van der Waals surface area contributed by atoms with Gasteiger partial charge in [0, 0.05) is 5.56 Å². The lowest BCUT2D eigenvalue weighted by Crippen LogP contribution is -1.90. The predicted octanol–water partition coefficient (Wildman–Crippen LogP) is 3.68. The molecule has 0 spiro atoms. The van der Waals surface area contributed by atoms with Gasteiger partial charge in [-0.3, -0.25) is 0 Å². The summed E-state index contributed by atoms with van der Waals surface area (Å²) in [6.07, 6.45) is 0. The SMILES string of the molecule is COc1ccc(F)c(-c2ccc(C#N)c(C)c2)c1.